The lowest BCUT2D eigenvalue weighted by molar-refractivity contribution is 1.14. The van der Waals surface area contributed by atoms with Crippen LogP contribution in [0.15, 0.2) is 42.5 Å². The molecular formula is C14H14ClN. The zero-order valence-corrected chi connectivity index (χ0v) is 9.96. The molecule has 0 aliphatic carbocycles. The first-order valence-corrected chi connectivity index (χ1v) is 5.73. The SMILES string of the molecule is CCc1cccc(-c2ccc(Cl)c(N)c2)c1. The Labute approximate surface area is 101 Å². The highest BCUT2D eigenvalue weighted by Gasteiger charge is 2.01. The zero-order chi connectivity index (χ0) is 11.5. The number of halogens is 1. The lowest BCUT2D eigenvalue weighted by Crippen LogP contribution is -1.88. The van der Waals surface area contributed by atoms with Gasteiger partial charge in [-0.15, -0.1) is 0 Å². The molecule has 0 bridgehead atoms. The molecule has 0 aliphatic rings. The largest absolute Gasteiger partial charge is 0.398 e. The summed E-state index contributed by atoms with van der Waals surface area (Å²) in [6.45, 7) is 2.15. The van der Waals surface area contributed by atoms with Crippen LogP contribution < -0.4 is 5.73 Å². The van der Waals surface area contributed by atoms with Gasteiger partial charge in [-0.2, -0.15) is 0 Å². The van der Waals surface area contributed by atoms with Crippen molar-refractivity contribution >= 4 is 17.3 Å². The molecule has 2 heteroatoms. The van der Waals surface area contributed by atoms with E-state index in [0.717, 1.165) is 12.0 Å². The van der Waals surface area contributed by atoms with Gasteiger partial charge in [0, 0.05) is 0 Å². The molecule has 0 radical (unpaired) electrons. The van der Waals surface area contributed by atoms with Gasteiger partial charge in [-0.25, -0.2) is 0 Å². The van der Waals surface area contributed by atoms with E-state index in [2.05, 4.69) is 31.2 Å². The van der Waals surface area contributed by atoms with Gasteiger partial charge >= 0.3 is 0 Å². The van der Waals surface area contributed by atoms with Crippen molar-refractivity contribution in [2.75, 3.05) is 5.73 Å². The van der Waals surface area contributed by atoms with Gasteiger partial charge in [-0.1, -0.05) is 48.9 Å². The van der Waals surface area contributed by atoms with E-state index < -0.39 is 0 Å². The Bertz CT molecular complexity index is 506. The molecule has 0 amide bonds. The molecule has 2 aromatic carbocycles. The topological polar surface area (TPSA) is 26.0 Å². The van der Waals surface area contributed by atoms with E-state index in [4.69, 9.17) is 17.3 Å². The molecule has 2 N–H and O–H groups in total. The van der Waals surface area contributed by atoms with Gasteiger partial charge < -0.3 is 5.73 Å². The predicted molar refractivity (Wildman–Crippen MR) is 70.7 cm³/mol. The highest BCUT2D eigenvalue weighted by atomic mass is 35.5. The highest BCUT2D eigenvalue weighted by molar-refractivity contribution is 6.33. The molecule has 0 saturated heterocycles. The molecule has 0 fully saturated rings. The van der Waals surface area contributed by atoms with Crippen molar-refractivity contribution in [1.82, 2.24) is 0 Å². The molecule has 0 aromatic heterocycles. The van der Waals surface area contributed by atoms with Crippen LogP contribution in [0, 0.1) is 0 Å². The van der Waals surface area contributed by atoms with Crippen LogP contribution >= 0.6 is 11.6 Å². The van der Waals surface area contributed by atoms with Crippen LogP contribution in [-0.2, 0) is 6.42 Å². The lowest BCUT2D eigenvalue weighted by atomic mass is 10.0. The van der Waals surface area contributed by atoms with Gasteiger partial charge in [-0.3, -0.25) is 0 Å². The van der Waals surface area contributed by atoms with Crippen LogP contribution in [0.25, 0.3) is 11.1 Å². The van der Waals surface area contributed by atoms with E-state index in [9.17, 15) is 0 Å². The van der Waals surface area contributed by atoms with Crippen LogP contribution in [0.5, 0.6) is 0 Å². The quantitative estimate of drug-likeness (QED) is 0.772. The second-order valence-corrected chi connectivity index (χ2v) is 4.20. The van der Waals surface area contributed by atoms with Crippen molar-refractivity contribution in [1.29, 1.82) is 0 Å². The molecule has 2 aromatic rings. The fraction of sp³-hybridized carbons (Fsp3) is 0.143. The second-order valence-electron chi connectivity index (χ2n) is 3.79. The molecule has 82 valence electrons. The van der Waals surface area contributed by atoms with Crippen molar-refractivity contribution in [2.45, 2.75) is 13.3 Å². The van der Waals surface area contributed by atoms with Crippen LogP contribution in [-0.4, -0.2) is 0 Å². The minimum atomic E-state index is 0.607. The van der Waals surface area contributed by atoms with Crippen LogP contribution in [0.1, 0.15) is 12.5 Å². The summed E-state index contributed by atoms with van der Waals surface area (Å²) >= 11 is 5.90. The first-order valence-electron chi connectivity index (χ1n) is 5.35. The number of aryl methyl sites for hydroxylation is 1. The number of anilines is 1. The summed E-state index contributed by atoms with van der Waals surface area (Å²) in [5, 5.41) is 0.607. The van der Waals surface area contributed by atoms with Gasteiger partial charge in [0.25, 0.3) is 0 Å². The monoisotopic (exact) mass is 231 g/mol. The summed E-state index contributed by atoms with van der Waals surface area (Å²) in [6.07, 6.45) is 1.04. The summed E-state index contributed by atoms with van der Waals surface area (Å²) in [4.78, 5) is 0. The molecule has 0 heterocycles. The molecular weight excluding hydrogens is 218 g/mol. The first kappa shape index (κ1) is 11.0. The molecule has 2 rings (SSSR count). The van der Waals surface area contributed by atoms with Crippen molar-refractivity contribution in [2.24, 2.45) is 0 Å². The molecule has 0 unspecified atom stereocenters. The van der Waals surface area contributed by atoms with E-state index in [1.807, 2.05) is 18.2 Å². The van der Waals surface area contributed by atoms with E-state index in [0.29, 0.717) is 10.7 Å². The molecule has 1 nitrogen and oxygen atoms in total. The number of hydrogen-bond donors (Lipinski definition) is 1. The Kier molecular flexibility index (Phi) is 3.16. The third-order valence-electron chi connectivity index (χ3n) is 2.66. The number of nitrogens with two attached hydrogens (primary N) is 1. The maximum atomic E-state index is 5.90. The highest BCUT2D eigenvalue weighted by Crippen LogP contribution is 2.27. The van der Waals surface area contributed by atoms with Crippen LogP contribution in [0.4, 0.5) is 5.69 Å². The summed E-state index contributed by atoms with van der Waals surface area (Å²) in [6, 6.07) is 14.2. The number of nitrogen functional groups attached to an aromatic ring is 1. The van der Waals surface area contributed by atoms with E-state index in [1.165, 1.54) is 11.1 Å². The Morgan fingerprint density at radius 1 is 1.06 bits per heavy atom. The first-order chi connectivity index (χ1) is 7.70. The second kappa shape index (κ2) is 4.58. The lowest BCUT2D eigenvalue weighted by Gasteiger charge is -2.06. The summed E-state index contributed by atoms with van der Waals surface area (Å²) < 4.78 is 0. The minimum absolute atomic E-state index is 0.607. The third kappa shape index (κ3) is 2.20. The zero-order valence-electron chi connectivity index (χ0n) is 9.20. The van der Waals surface area contributed by atoms with Crippen molar-refractivity contribution in [3.05, 3.63) is 53.1 Å². The van der Waals surface area contributed by atoms with Crippen molar-refractivity contribution in [3.63, 3.8) is 0 Å². The smallest absolute Gasteiger partial charge is 0.0635 e. The number of hydrogen-bond acceptors (Lipinski definition) is 1. The summed E-state index contributed by atoms with van der Waals surface area (Å²) in [5.74, 6) is 0. The van der Waals surface area contributed by atoms with Crippen molar-refractivity contribution < 1.29 is 0 Å². The fourth-order valence-corrected chi connectivity index (χ4v) is 1.81. The molecule has 0 aliphatic heterocycles. The normalized spacial score (nSPS) is 10.4. The number of benzene rings is 2. The summed E-state index contributed by atoms with van der Waals surface area (Å²) in [7, 11) is 0. The van der Waals surface area contributed by atoms with Gasteiger partial charge in [-0.05, 0) is 35.2 Å². The summed E-state index contributed by atoms with van der Waals surface area (Å²) in [5.41, 5.74) is 10.0. The average molecular weight is 232 g/mol. The van der Waals surface area contributed by atoms with Crippen LogP contribution in [0.2, 0.25) is 5.02 Å². The van der Waals surface area contributed by atoms with Gasteiger partial charge in [0.1, 0.15) is 0 Å². The van der Waals surface area contributed by atoms with Gasteiger partial charge in [0.05, 0.1) is 10.7 Å². The number of rotatable bonds is 2. The van der Waals surface area contributed by atoms with E-state index in [-0.39, 0.29) is 0 Å². The fourth-order valence-electron chi connectivity index (χ4n) is 1.69. The Hall–Kier alpha value is -1.47. The Morgan fingerprint density at radius 3 is 2.50 bits per heavy atom. The van der Waals surface area contributed by atoms with E-state index in [1.54, 1.807) is 0 Å². The molecule has 0 atom stereocenters. The van der Waals surface area contributed by atoms with Gasteiger partial charge in [0.15, 0.2) is 0 Å². The minimum Gasteiger partial charge on any atom is -0.398 e. The van der Waals surface area contributed by atoms with Crippen molar-refractivity contribution in [3.8, 4) is 11.1 Å². The van der Waals surface area contributed by atoms with E-state index >= 15 is 0 Å². The average Bonchev–Trinajstić information content (AvgIpc) is 2.33. The third-order valence-corrected chi connectivity index (χ3v) is 3.01. The van der Waals surface area contributed by atoms with Crippen LogP contribution in [0.3, 0.4) is 0 Å². The predicted octanol–water partition coefficient (Wildman–Crippen LogP) is 4.15. The molecule has 0 spiro atoms. The maximum Gasteiger partial charge on any atom is 0.0635 e. The Balaban J connectivity index is 2.46. The standard InChI is InChI=1S/C14H14ClN/c1-2-10-4-3-5-11(8-10)12-6-7-13(15)14(16)9-12/h3-9H,2,16H2,1H3. The van der Waals surface area contributed by atoms with Gasteiger partial charge in [0.2, 0.25) is 0 Å². The molecule has 0 saturated carbocycles. The maximum absolute atomic E-state index is 5.90. The Morgan fingerprint density at radius 2 is 1.81 bits per heavy atom. The molecule has 16 heavy (non-hydrogen) atoms.